The van der Waals surface area contributed by atoms with E-state index in [9.17, 15) is 36.6 Å². The second-order valence-corrected chi connectivity index (χ2v) is 21.3. The van der Waals surface area contributed by atoms with Crippen molar-refractivity contribution in [3.63, 3.8) is 0 Å². The molecular formula is C48H96CaN2O8S2. The third-order valence-electron chi connectivity index (χ3n) is 11.4. The standard InChI is InChI=1S/2C24H49NO4S.Ca/c2*1-2-3-4-5-6-7-8-9-10-11-12-13-14-15-16-17-18-19-20-21-22-30(28,29)25-23-24(26)27;/h2*25H,2-23H2,1H3,(H,26,27);/q;;+2/p-2. The van der Waals surface area contributed by atoms with E-state index < -0.39 is 45.1 Å². The Balaban J connectivity index is -0.00000109. The fourth-order valence-corrected chi connectivity index (χ4v) is 9.71. The fourth-order valence-electron chi connectivity index (χ4n) is 7.58. The van der Waals surface area contributed by atoms with Gasteiger partial charge >= 0.3 is 37.7 Å². The van der Waals surface area contributed by atoms with Crippen molar-refractivity contribution in [3.8, 4) is 0 Å². The molecule has 61 heavy (non-hydrogen) atoms. The molecule has 0 rings (SSSR count). The van der Waals surface area contributed by atoms with Gasteiger partial charge in [0.25, 0.3) is 0 Å². The first-order valence-electron chi connectivity index (χ1n) is 25.3. The molecule has 0 spiro atoms. The molecule has 0 bridgehead atoms. The zero-order valence-electron chi connectivity index (χ0n) is 39.9. The summed E-state index contributed by atoms with van der Waals surface area (Å²) in [6.07, 6.45) is 51.4. The second-order valence-electron chi connectivity index (χ2n) is 17.5. The number of carbonyl (C=O) groups excluding carboxylic acids is 2. The van der Waals surface area contributed by atoms with E-state index in [2.05, 4.69) is 13.8 Å². The van der Waals surface area contributed by atoms with E-state index >= 15 is 0 Å². The molecule has 0 heterocycles. The van der Waals surface area contributed by atoms with E-state index in [1.807, 2.05) is 9.44 Å². The molecule has 0 saturated heterocycles. The van der Waals surface area contributed by atoms with Gasteiger partial charge in [0.15, 0.2) is 0 Å². The van der Waals surface area contributed by atoms with Crippen molar-refractivity contribution in [2.75, 3.05) is 24.6 Å². The van der Waals surface area contributed by atoms with E-state index in [0.717, 1.165) is 38.5 Å². The van der Waals surface area contributed by atoms with Crippen LogP contribution in [0, 0.1) is 0 Å². The molecule has 360 valence electrons. The minimum Gasteiger partial charge on any atom is -0.549 e. The van der Waals surface area contributed by atoms with Crippen molar-refractivity contribution in [1.29, 1.82) is 0 Å². The smallest absolute Gasteiger partial charge is 0.549 e. The molecule has 0 unspecified atom stereocenters. The summed E-state index contributed by atoms with van der Waals surface area (Å²) in [6, 6.07) is 0. The average Bonchev–Trinajstić information content (AvgIpc) is 3.21. The predicted octanol–water partition coefficient (Wildman–Crippen LogP) is 10.6. The van der Waals surface area contributed by atoms with E-state index in [1.54, 1.807) is 0 Å². The summed E-state index contributed by atoms with van der Waals surface area (Å²) in [5, 5.41) is 20.5. The van der Waals surface area contributed by atoms with Crippen molar-refractivity contribution >= 4 is 69.7 Å². The molecule has 0 saturated carbocycles. The largest absolute Gasteiger partial charge is 2.00 e. The van der Waals surface area contributed by atoms with Gasteiger partial charge < -0.3 is 19.8 Å². The first-order valence-corrected chi connectivity index (χ1v) is 28.6. The van der Waals surface area contributed by atoms with E-state index in [4.69, 9.17) is 0 Å². The topological polar surface area (TPSA) is 173 Å². The van der Waals surface area contributed by atoms with Gasteiger partial charge in [0.2, 0.25) is 20.0 Å². The van der Waals surface area contributed by atoms with Gasteiger partial charge in [-0.1, -0.05) is 258 Å². The zero-order valence-corrected chi connectivity index (χ0v) is 43.7. The molecular weight excluding hydrogens is 837 g/mol. The fraction of sp³-hybridized carbons (Fsp3) is 0.958. The third-order valence-corrected chi connectivity index (χ3v) is 14.2. The second kappa shape index (κ2) is 51.0. The normalized spacial score (nSPS) is 11.6. The van der Waals surface area contributed by atoms with Crippen LogP contribution in [-0.4, -0.2) is 91.1 Å². The Labute approximate surface area is 408 Å². The molecule has 10 nitrogen and oxygen atoms in total. The number of hydrogen-bond acceptors (Lipinski definition) is 8. The monoisotopic (exact) mass is 933 g/mol. The molecule has 0 atom stereocenters. The number of unbranched alkanes of at least 4 members (excludes halogenated alkanes) is 38. The molecule has 0 radical (unpaired) electrons. The summed E-state index contributed by atoms with van der Waals surface area (Å²) in [6.45, 7) is 3.27. The van der Waals surface area contributed by atoms with E-state index in [0.29, 0.717) is 12.8 Å². The van der Waals surface area contributed by atoms with Gasteiger partial charge in [-0.05, 0) is 12.8 Å². The van der Waals surface area contributed by atoms with Crippen LogP contribution in [0.5, 0.6) is 0 Å². The van der Waals surface area contributed by atoms with E-state index in [1.165, 1.54) is 205 Å². The number of sulfonamides is 2. The van der Waals surface area contributed by atoms with Crippen molar-refractivity contribution in [2.45, 2.75) is 271 Å². The molecule has 0 aromatic carbocycles. The Morgan fingerprint density at radius 2 is 0.459 bits per heavy atom. The first-order chi connectivity index (χ1) is 29.0. The molecule has 2 N–H and O–H groups in total. The summed E-state index contributed by atoms with van der Waals surface area (Å²) in [4.78, 5) is 20.5. The number of hydrogen-bond donors (Lipinski definition) is 2. The zero-order chi connectivity index (χ0) is 44.7. The number of carboxylic acid groups (broad SMARTS) is 2. The van der Waals surface area contributed by atoms with Gasteiger partial charge in [0, 0.05) is 0 Å². The van der Waals surface area contributed by atoms with Crippen molar-refractivity contribution in [1.82, 2.24) is 9.44 Å². The Bertz CT molecular complexity index is 1050. The van der Waals surface area contributed by atoms with Crippen LogP contribution in [0.25, 0.3) is 0 Å². The summed E-state index contributed by atoms with van der Waals surface area (Å²) in [7, 11) is -6.94. The minimum atomic E-state index is -3.47. The van der Waals surface area contributed by atoms with Crippen molar-refractivity contribution in [2.24, 2.45) is 0 Å². The maximum Gasteiger partial charge on any atom is 2.00 e. The summed E-state index contributed by atoms with van der Waals surface area (Å²) in [5.74, 6) is -2.80. The molecule has 0 aliphatic rings. The van der Waals surface area contributed by atoms with Crippen LogP contribution in [0.1, 0.15) is 271 Å². The van der Waals surface area contributed by atoms with Crippen LogP contribution in [-0.2, 0) is 29.6 Å². The average molecular weight is 934 g/mol. The van der Waals surface area contributed by atoms with Gasteiger partial charge in [-0.2, -0.15) is 0 Å². The number of carbonyl (C=O) groups is 2. The molecule has 0 aliphatic heterocycles. The molecule has 13 heteroatoms. The number of aliphatic carboxylic acids is 2. The molecule has 0 fully saturated rings. The summed E-state index contributed by atoms with van der Waals surface area (Å²) in [5.41, 5.74) is 0. The molecule has 0 amide bonds. The Kier molecular flexibility index (Phi) is 54.6. The van der Waals surface area contributed by atoms with Gasteiger partial charge in [-0.25, -0.2) is 26.3 Å². The van der Waals surface area contributed by atoms with Gasteiger partial charge in [0.1, 0.15) is 0 Å². The third kappa shape index (κ3) is 60.0. The minimum absolute atomic E-state index is 0. The Morgan fingerprint density at radius 1 is 0.311 bits per heavy atom. The number of carboxylic acids is 2. The predicted molar refractivity (Wildman–Crippen MR) is 255 cm³/mol. The van der Waals surface area contributed by atoms with Gasteiger partial charge in [-0.3, -0.25) is 0 Å². The number of nitrogens with one attached hydrogen (secondary N) is 2. The summed E-state index contributed by atoms with van der Waals surface area (Å²) < 4.78 is 50.2. The van der Waals surface area contributed by atoms with Crippen LogP contribution >= 0.6 is 0 Å². The Morgan fingerprint density at radius 3 is 0.607 bits per heavy atom. The maximum atomic E-state index is 11.5. The van der Waals surface area contributed by atoms with Crippen LogP contribution in [0.3, 0.4) is 0 Å². The molecule has 0 aliphatic carbocycles. The van der Waals surface area contributed by atoms with Crippen LogP contribution < -0.4 is 19.7 Å². The van der Waals surface area contributed by atoms with Crippen molar-refractivity contribution < 1.29 is 36.6 Å². The SMILES string of the molecule is CCCCCCCCCCCCCCCCCCCCCCS(=O)(=O)NCC(=O)[O-].CCCCCCCCCCCCCCCCCCCCCCS(=O)(=O)NCC(=O)[O-].[Ca+2]. The van der Waals surface area contributed by atoms with Crippen LogP contribution in [0.4, 0.5) is 0 Å². The Hall–Kier alpha value is 0.0197. The summed E-state index contributed by atoms with van der Waals surface area (Å²) >= 11 is 0. The molecule has 0 aromatic rings. The van der Waals surface area contributed by atoms with Crippen LogP contribution in [0.2, 0.25) is 0 Å². The van der Waals surface area contributed by atoms with E-state index in [-0.39, 0.29) is 49.2 Å². The maximum absolute atomic E-state index is 11.5. The quantitative estimate of drug-likeness (QED) is 0.0448. The molecule has 0 aromatic heterocycles. The van der Waals surface area contributed by atoms with Crippen LogP contribution in [0.15, 0.2) is 0 Å². The first kappa shape index (κ1) is 65.3. The van der Waals surface area contributed by atoms with Crippen molar-refractivity contribution in [3.05, 3.63) is 0 Å². The number of rotatable bonds is 48. The van der Waals surface area contributed by atoms with Gasteiger partial charge in [0.05, 0.1) is 36.5 Å². The van der Waals surface area contributed by atoms with Gasteiger partial charge in [-0.15, -0.1) is 0 Å².